The molecule has 6 nitrogen and oxygen atoms in total. The van der Waals surface area contributed by atoms with Crippen molar-refractivity contribution in [1.29, 1.82) is 0 Å². The number of hydrogen-bond donors (Lipinski definition) is 0. The first kappa shape index (κ1) is 18.6. The van der Waals surface area contributed by atoms with E-state index in [1.54, 1.807) is 36.4 Å². The lowest BCUT2D eigenvalue weighted by atomic mass is 10.1. The summed E-state index contributed by atoms with van der Waals surface area (Å²) in [5.74, 6) is -0.397. The second kappa shape index (κ2) is 7.59. The van der Waals surface area contributed by atoms with Gasteiger partial charge in [0.05, 0.1) is 21.1 Å². The third kappa shape index (κ3) is 3.83. The summed E-state index contributed by atoms with van der Waals surface area (Å²) >= 11 is 0.850. The highest BCUT2D eigenvalue weighted by Crippen LogP contribution is 2.36. The van der Waals surface area contributed by atoms with Gasteiger partial charge in [0.2, 0.25) is 0 Å². The van der Waals surface area contributed by atoms with E-state index in [0.29, 0.717) is 11.3 Å². The lowest BCUT2D eigenvalue weighted by Gasteiger charge is -2.15. The zero-order valence-electron chi connectivity index (χ0n) is 14.7. The highest BCUT2D eigenvalue weighted by molar-refractivity contribution is 8.18. The summed E-state index contributed by atoms with van der Waals surface area (Å²) in [6.07, 6.45) is 4.60. The molecule has 0 aliphatic carbocycles. The van der Waals surface area contributed by atoms with Gasteiger partial charge in [0.15, 0.2) is 0 Å². The number of para-hydroxylation sites is 1. The minimum absolute atomic E-state index is 0.0226. The predicted octanol–water partition coefficient (Wildman–Crippen LogP) is 5.01. The van der Waals surface area contributed by atoms with Gasteiger partial charge in [-0.15, -0.1) is 0 Å². The van der Waals surface area contributed by atoms with Crippen LogP contribution in [0.1, 0.15) is 16.7 Å². The molecule has 136 valence electrons. The molecule has 0 unspecified atom stereocenters. The van der Waals surface area contributed by atoms with E-state index in [1.165, 1.54) is 12.1 Å². The fraction of sp³-hybridized carbons (Fsp3) is 0.100. The van der Waals surface area contributed by atoms with E-state index in [1.807, 2.05) is 26.0 Å². The van der Waals surface area contributed by atoms with Crippen LogP contribution in [-0.4, -0.2) is 16.1 Å². The molecule has 0 bridgehead atoms. The number of imide groups is 1. The molecular formula is C20H16N2O4S. The molecular weight excluding hydrogens is 364 g/mol. The average molecular weight is 380 g/mol. The van der Waals surface area contributed by atoms with E-state index in [0.717, 1.165) is 27.8 Å². The van der Waals surface area contributed by atoms with Gasteiger partial charge < -0.3 is 0 Å². The number of nitrogens with zero attached hydrogens (tertiary/aromatic N) is 2. The molecule has 0 radical (unpaired) electrons. The first-order valence-electron chi connectivity index (χ1n) is 8.14. The van der Waals surface area contributed by atoms with Gasteiger partial charge in [-0.2, -0.15) is 0 Å². The lowest BCUT2D eigenvalue weighted by Crippen LogP contribution is -2.28. The van der Waals surface area contributed by atoms with Gasteiger partial charge in [-0.1, -0.05) is 30.3 Å². The van der Waals surface area contributed by atoms with Crippen molar-refractivity contribution in [3.63, 3.8) is 0 Å². The van der Waals surface area contributed by atoms with Crippen molar-refractivity contribution >= 4 is 40.4 Å². The van der Waals surface area contributed by atoms with Crippen LogP contribution in [0.15, 0.2) is 59.5 Å². The summed E-state index contributed by atoms with van der Waals surface area (Å²) < 4.78 is 0. The predicted molar refractivity (Wildman–Crippen MR) is 107 cm³/mol. The molecule has 1 aliphatic heterocycles. The van der Waals surface area contributed by atoms with Gasteiger partial charge in [-0.25, -0.2) is 4.90 Å². The molecule has 2 aromatic carbocycles. The van der Waals surface area contributed by atoms with E-state index in [9.17, 15) is 19.7 Å². The van der Waals surface area contributed by atoms with Crippen molar-refractivity contribution in [2.75, 3.05) is 4.90 Å². The summed E-state index contributed by atoms with van der Waals surface area (Å²) in [6.45, 7) is 3.74. The molecule has 1 heterocycles. The Balaban J connectivity index is 1.87. The van der Waals surface area contributed by atoms with Crippen molar-refractivity contribution in [1.82, 2.24) is 0 Å². The third-order valence-corrected chi connectivity index (χ3v) is 4.94. The maximum Gasteiger partial charge on any atom is 0.298 e. The van der Waals surface area contributed by atoms with E-state index in [-0.39, 0.29) is 15.8 Å². The van der Waals surface area contributed by atoms with E-state index in [4.69, 9.17) is 0 Å². The number of carbonyl (C=O) groups excluding carboxylic acids is 2. The number of anilines is 1. The van der Waals surface area contributed by atoms with Crippen molar-refractivity contribution in [2.45, 2.75) is 13.8 Å². The van der Waals surface area contributed by atoms with Crippen LogP contribution < -0.4 is 4.90 Å². The minimum Gasteiger partial charge on any atom is -0.268 e. The first-order chi connectivity index (χ1) is 12.9. The molecule has 2 amide bonds. The summed E-state index contributed by atoms with van der Waals surface area (Å²) in [5, 5.41) is 10.7. The SMILES string of the molecule is Cc1ccc(C)c(N2C(=O)S/C(=C\C=C\c3ccccc3[N+](=O)[O-])C2=O)c1. The minimum atomic E-state index is -0.464. The molecule has 0 aromatic heterocycles. The normalized spacial score (nSPS) is 15.9. The van der Waals surface area contributed by atoms with Gasteiger partial charge in [0, 0.05) is 6.07 Å². The number of rotatable bonds is 4. The Hall–Kier alpha value is -3.19. The summed E-state index contributed by atoms with van der Waals surface area (Å²) in [6, 6.07) is 11.9. The Kier molecular flexibility index (Phi) is 5.23. The van der Waals surface area contributed by atoms with E-state index < -0.39 is 10.8 Å². The number of nitro benzene ring substituents is 1. The van der Waals surface area contributed by atoms with Crippen LogP contribution in [0.5, 0.6) is 0 Å². The maximum absolute atomic E-state index is 12.7. The smallest absolute Gasteiger partial charge is 0.268 e. The second-order valence-electron chi connectivity index (χ2n) is 6.00. The van der Waals surface area contributed by atoms with E-state index >= 15 is 0 Å². The van der Waals surface area contributed by atoms with Gasteiger partial charge in [0.1, 0.15) is 0 Å². The Morgan fingerprint density at radius 2 is 1.85 bits per heavy atom. The zero-order chi connectivity index (χ0) is 19.6. The van der Waals surface area contributed by atoms with Crippen LogP contribution in [0.2, 0.25) is 0 Å². The number of carbonyl (C=O) groups is 2. The summed E-state index contributed by atoms with van der Waals surface area (Å²) in [4.78, 5) is 37.0. The lowest BCUT2D eigenvalue weighted by molar-refractivity contribution is -0.385. The van der Waals surface area contributed by atoms with Crippen LogP contribution in [-0.2, 0) is 4.79 Å². The Labute approximate surface area is 160 Å². The molecule has 27 heavy (non-hydrogen) atoms. The maximum atomic E-state index is 12.7. The van der Waals surface area contributed by atoms with Crippen LogP contribution in [0.4, 0.5) is 16.2 Å². The molecule has 1 aliphatic rings. The number of thioether (sulfide) groups is 1. The monoisotopic (exact) mass is 380 g/mol. The Morgan fingerprint density at radius 1 is 1.11 bits per heavy atom. The zero-order valence-corrected chi connectivity index (χ0v) is 15.5. The van der Waals surface area contributed by atoms with Crippen molar-refractivity contribution in [2.24, 2.45) is 0 Å². The summed E-state index contributed by atoms with van der Waals surface area (Å²) in [7, 11) is 0. The van der Waals surface area contributed by atoms with Crippen molar-refractivity contribution < 1.29 is 14.5 Å². The highest BCUT2D eigenvalue weighted by atomic mass is 32.2. The quantitative estimate of drug-likeness (QED) is 0.423. The molecule has 1 saturated heterocycles. The van der Waals surface area contributed by atoms with Crippen molar-refractivity contribution in [3.05, 3.63) is 86.3 Å². The average Bonchev–Trinajstić information content (AvgIpc) is 2.91. The molecule has 0 saturated carbocycles. The number of hydrogen-bond acceptors (Lipinski definition) is 5. The Bertz CT molecular complexity index is 1010. The third-order valence-electron chi connectivity index (χ3n) is 4.06. The van der Waals surface area contributed by atoms with Gasteiger partial charge in [0.25, 0.3) is 16.8 Å². The molecule has 3 rings (SSSR count). The summed E-state index contributed by atoms with van der Waals surface area (Å²) in [5.41, 5.74) is 2.76. The van der Waals surface area contributed by atoms with Crippen molar-refractivity contribution in [3.8, 4) is 0 Å². The number of allylic oxidation sites excluding steroid dienone is 2. The number of amides is 2. The van der Waals surface area contributed by atoms with Crippen LogP contribution in [0, 0.1) is 24.0 Å². The second-order valence-corrected chi connectivity index (χ2v) is 7.00. The Morgan fingerprint density at radius 3 is 2.59 bits per heavy atom. The number of benzene rings is 2. The molecule has 0 N–H and O–H groups in total. The van der Waals surface area contributed by atoms with Crippen LogP contribution >= 0.6 is 11.8 Å². The fourth-order valence-corrected chi connectivity index (χ4v) is 3.47. The van der Waals surface area contributed by atoms with Gasteiger partial charge in [-0.05, 0) is 61.0 Å². The molecule has 0 atom stereocenters. The number of aryl methyl sites for hydroxylation is 2. The molecule has 0 spiro atoms. The fourth-order valence-electron chi connectivity index (χ4n) is 2.68. The van der Waals surface area contributed by atoms with Crippen LogP contribution in [0.3, 0.4) is 0 Å². The molecule has 1 fully saturated rings. The number of nitro groups is 1. The van der Waals surface area contributed by atoms with Crippen LogP contribution in [0.25, 0.3) is 6.08 Å². The standard InChI is InChI=1S/C20H16N2O4S/c1-13-10-11-14(2)17(12-13)21-19(23)18(27-20(21)24)9-5-7-15-6-3-4-8-16(15)22(25)26/h3-12H,1-2H3/b7-5+,18-9-. The topological polar surface area (TPSA) is 80.5 Å². The highest BCUT2D eigenvalue weighted by Gasteiger charge is 2.36. The molecule has 2 aromatic rings. The van der Waals surface area contributed by atoms with E-state index in [2.05, 4.69) is 0 Å². The molecule has 7 heteroatoms. The van der Waals surface area contributed by atoms with Gasteiger partial charge >= 0.3 is 0 Å². The van der Waals surface area contributed by atoms with Gasteiger partial charge in [-0.3, -0.25) is 19.7 Å². The first-order valence-corrected chi connectivity index (χ1v) is 8.95. The largest absolute Gasteiger partial charge is 0.298 e.